The first kappa shape index (κ1) is 15.7. The van der Waals surface area contributed by atoms with Crippen molar-refractivity contribution in [1.82, 2.24) is 10.2 Å². The van der Waals surface area contributed by atoms with Gasteiger partial charge in [0.15, 0.2) is 0 Å². The Balaban J connectivity index is 2.79. The molecule has 0 radical (unpaired) electrons. The van der Waals surface area contributed by atoms with Gasteiger partial charge in [-0.3, -0.25) is 0 Å². The van der Waals surface area contributed by atoms with Crippen molar-refractivity contribution in [3.05, 3.63) is 5.01 Å². The van der Waals surface area contributed by atoms with Crippen molar-refractivity contribution in [3.63, 3.8) is 0 Å². The van der Waals surface area contributed by atoms with E-state index in [1.807, 2.05) is 13.8 Å². The number of ether oxygens (including phenoxy) is 1. The highest BCUT2D eigenvalue weighted by Gasteiger charge is 2.36. The lowest BCUT2D eigenvalue weighted by molar-refractivity contribution is -0.142. The molecule has 0 bridgehead atoms. The molecule has 0 spiro atoms. The Morgan fingerprint density at radius 3 is 2.47 bits per heavy atom. The van der Waals surface area contributed by atoms with E-state index in [0.29, 0.717) is 17.8 Å². The smallest absolute Gasteiger partial charge is 0.445 e. The summed E-state index contributed by atoms with van der Waals surface area (Å²) >= 11 is 0.357. The number of anilines is 1. The number of alkyl halides is 3. The molecular formula is C10H14F3N3O2S. The Labute approximate surface area is 112 Å². The fourth-order valence-corrected chi connectivity index (χ4v) is 2.04. The van der Waals surface area contributed by atoms with Crippen molar-refractivity contribution in [2.45, 2.75) is 32.5 Å². The van der Waals surface area contributed by atoms with Crippen LogP contribution in [0.2, 0.25) is 0 Å². The second-order valence-electron chi connectivity index (χ2n) is 4.26. The molecule has 1 atom stereocenters. The molecular weight excluding hydrogens is 283 g/mol. The van der Waals surface area contributed by atoms with Gasteiger partial charge < -0.3 is 10.1 Å². The number of aromatic nitrogens is 2. The van der Waals surface area contributed by atoms with Crippen LogP contribution in [-0.2, 0) is 15.7 Å². The molecule has 0 saturated heterocycles. The van der Waals surface area contributed by atoms with Crippen molar-refractivity contribution in [2.24, 2.45) is 5.92 Å². The number of methoxy groups -OCH3 is 1. The van der Waals surface area contributed by atoms with Crippen molar-refractivity contribution >= 4 is 22.4 Å². The van der Waals surface area contributed by atoms with Crippen LogP contribution in [0.4, 0.5) is 18.3 Å². The second kappa shape index (κ2) is 6.18. The van der Waals surface area contributed by atoms with Gasteiger partial charge in [0, 0.05) is 0 Å². The average Bonchev–Trinajstić information content (AvgIpc) is 2.74. The van der Waals surface area contributed by atoms with Crippen LogP contribution < -0.4 is 5.32 Å². The van der Waals surface area contributed by atoms with E-state index in [0.717, 1.165) is 0 Å². The zero-order valence-corrected chi connectivity index (χ0v) is 11.4. The predicted molar refractivity (Wildman–Crippen MR) is 63.8 cm³/mol. The first-order valence-corrected chi connectivity index (χ1v) is 6.30. The molecule has 1 aromatic rings. The predicted octanol–water partition coefficient (Wildman–Crippen LogP) is 2.56. The van der Waals surface area contributed by atoms with Crippen molar-refractivity contribution in [1.29, 1.82) is 0 Å². The minimum atomic E-state index is -4.53. The van der Waals surface area contributed by atoms with E-state index in [1.165, 1.54) is 7.11 Å². The molecule has 1 rings (SSSR count). The lowest BCUT2D eigenvalue weighted by Crippen LogP contribution is -2.32. The van der Waals surface area contributed by atoms with Crippen molar-refractivity contribution in [3.8, 4) is 0 Å². The van der Waals surface area contributed by atoms with Crippen molar-refractivity contribution in [2.75, 3.05) is 12.4 Å². The van der Waals surface area contributed by atoms with E-state index in [-0.39, 0.29) is 11.0 Å². The first-order valence-electron chi connectivity index (χ1n) is 5.49. The van der Waals surface area contributed by atoms with Gasteiger partial charge in [-0.2, -0.15) is 13.2 Å². The Bertz CT molecular complexity index is 434. The largest absolute Gasteiger partial charge is 0.467 e. The first-order chi connectivity index (χ1) is 8.74. The van der Waals surface area contributed by atoms with Crippen LogP contribution in [0.3, 0.4) is 0 Å². The average molecular weight is 297 g/mol. The van der Waals surface area contributed by atoms with E-state index < -0.39 is 23.2 Å². The summed E-state index contributed by atoms with van der Waals surface area (Å²) in [5, 5.41) is 7.93. The Morgan fingerprint density at radius 1 is 1.42 bits per heavy atom. The lowest BCUT2D eigenvalue weighted by Gasteiger charge is -2.17. The Hall–Kier alpha value is -1.38. The molecule has 1 N–H and O–H groups in total. The van der Waals surface area contributed by atoms with Gasteiger partial charge in [0.05, 0.1) is 7.11 Å². The molecule has 0 fully saturated rings. The van der Waals surface area contributed by atoms with Crippen LogP contribution in [0.1, 0.15) is 25.3 Å². The normalized spacial score (nSPS) is 13.4. The highest BCUT2D eigenvalue weighted by Crippen LogP contribution is 2.33. The summed E-state index contributed by atoms with van der Waals surface area (Å²) in [7, 11) is 1.22. The summed E-state index contributed by atoms with van der Waals surface area (Å²) in [4.78, 5) is 11.5. The zero-order chi connectivity index (χ0) is 14.6. The van der Waals surface area contributed by atoms with Gasteiger partial charge in [0.2, 0.25) is 10.1 Å². The number of halogens is 3. The van der Waals surface area contributed by atoms with E-state index in [1.54, 1.807) is 0 Å². The summed E-state index contributed by atoms with van der Waals surface area (Å²) < 4.78 is 41.7. The minimum absolute atomic E-state index is 0.0524. The highest BCUT2D eigenvalue weighted by atomic mass is 32.1. The van der Waals surface area contributed by atoms with Gasteiger partial charge in [-0.15, -0.1) is 10.2 Å². The Morgan fingerprint density at radius 2 is 2.05 bits per heavy atom. The fraction of sp³-hybridized carbons (Fsp3) is 0.700. The van der Waals surface area contributed by atoms with Gasteiger partial charge in [-0.25, -0.2) is 4.79 Å². The van der Waals surface area contributed by atoms with E-state index >= 15 is 0 Å². The van der Waals surface area contributed by atoms with Gasteiger partial charge in [0.25, 0.3) is 0 Å². The third-order valence-electron chi connectivity index (χ3n) is 2.16. The number of hydrogen-bond acceptors (Lipinski definition) is 6. The third kappa shape index (κ3) is 4.66. The standard InChI is InChI=1S/C10H14F3N3O2S/c1-5(2)4-6(7(17)18-3)14-9-16-15-8(19-9)10(11,12)13/h5-6H,4H2,1-3H3,(H,14,16). The van der Waals surface area contributed by atoms with Gasteiger partial charge in [-0.1, -0.05) is 25.2 Å². The van der Waals surface area contributed by atoms with E-state index in [4.69, 9.17) is 0 Å². The number of nitrogens with one attached hydrogen (secondary N) is 1. The van der Waals surface area contributed by atoms with E-state index in [2.05, 4.69) is 20.3 Å². The molecule has 0 aliphatic carbocycles. The molecule has 0 amide bonds. The molecule has 5 nitrogen and oxygen atoms in total. The molecule has 1 heterocycles. The van der Waals surface area contributed by atoms with Crippen molar-refractivity contribution < 1.29 is 22.7 Å². The molecule has 1 aromatic heterocycles. The van der Waals surface area contributed by atoms with Gasteiger partial charge in [0.1, 0.15) is 6.04 Å². The van der Waals surface area contributed by atoms with Crippen LogP contribution in [0.15, 0.2) is 0 Å². The summed E-state index contributed by atoms with van der Waals surface area (Å²) in [6.45, 7) is 3.78. The lowest BCUT2D eigenvalue weighted by atomic mass is 10.0. The maximum atomic E-state index is 12.4. The monoisotopic (exact) mass is 297 g/mol. The maximum absolute atomic E-state index is 12.4. The molecule has 108 valence electrons. The maximum Gasteiger partial charge on any atom is 0.445 e. The third-order valence-corrected chi connectivity index (χ3v) is 3.06. The van der Waals surface area contributed by atoms with Crippen LogP contribution in [0.25, 0.3) is 0 Å². The molecule has 1 unspecified atom stereocenters. The molecule has 0 saturated carbocycles. The highest BCUT2D eigenvalue weighted by molar-refractivity contribution is 7.15. The number of hydrogen-bond donors (Lipinski definition) is 1. The summed E-state index contributed by atoms with van der Waals surface area (Å²) in [5.41, 5.74) is 0. The van der Waals surface area contributed by atoms with Crippen LogP contribution in [0.5, 0.6) is 0 Å². The fourth-order valence-electron chi connectivity index (χ4n) is 1.37. The van der Waals surface area contributed by atoms with Crippen LogP contribution >= 0.6 is 11.3 Å². The molecule has 19 heavy (non-hydrogen) atoms. The number of carbonyl (C=O) groups excluding carboxylic acids is 1. The Kier molecular flexibility index (Phi) is 5.10. The number of carbonyl (C=O) groups is 1. The minimum Gasteiger partial charge on any atom is -0.467 e. The zero-order valence-electron chi connectivity index (χ0n) is 10.6. The number of rotatable bonds is 5. The quantitative estimate of drug-likeness (QED) is 0.846. The molecule has 0 aliphatic heterocycles. The topological polar surface area (TPSA) is 64.1 Å². The van der Waals surface area contributed by atoms with Gasteiger partial charge in [-0.05, 0) is 12.3 Å². The SMILES string of the molecule is COC(=O)C(CC(C)C)Nc1nnc(C(F)(F)F)s1. The van der Waals surface area contributed by atoms with E-state index in [9.17, 15) is 18.0 Å². The summed E-state index contributed by atoms with van der Waals surface area (Å²) in [5.74, 6) is -0.371. The molecule has 0 aromatic carbocycles. The van der Waals surface area contributed by atoms with Crippen LogP contribution in [0, 0.1) is 5.92 Å². The molecule has 9 heteroatoms. The summed E-state index contributed by atoms with van der Waals surface area (Å²) in [6, 6.07) is -0.737. The number of nitrogens with zero attached hydrogens (tertiary/aromatic N) is 2. The number of esters is 1. The second-order valence-corrected chi connectivity index (χ2v) is 5.24. The van der Waals surface area contributed by atoms with Gasteiger partial charge >= 0.3 is 12.1 Å². The summed E-state index contributed by atoms with van der Waals surface area (Å²) in [6.07, 6.45) is -4.11. The molecule has 0 aliphatic rings. The van der Waals surface area contributed by atoms with Crippen LogP contribution in [-0.4, -0.2) is 29.3 Å².